The number of benzene rings is 2. The number of carbonyl (C=O) groups is 1. The zero-order valence-electron chi connectivity index (χ0n) is 14.8. The van der Waals surface area contributed by atoms with Crippen LogP contribution in [0.4, 0.5) is 10.5 Å². The molecule has 5 heteroatoms. The Morgan fingerprint density at radius 3 is 2.73 bits per heavy atom. The highest BCUT2D eigenvalue weighted by molar-refractivity contribution is 5.99. The maximum atomic E-state index is 12.1. The third kappa shape index (κ3) is 4.80. The van der Waals surface area contributed by atoms with Crippen LogP contribution in [-0.2, 0) is 4.74 Å². The lowest BCUT2D eigenvalue weighted by molar-refractivity contribution is 0.0644. The van der Waals surface area contributed by atoms with Gasteiger partial charge in [0, 0.05) is 24.7 Å². The smallest absolute Gasteiger partial charge is 0.319 e. The predicted octanol–water partition coefficient (Wildman–Crippen LogP) is 4.52. The quantitative estimate of drug-likeness (QED) is 0.616. The van der Waals surface area contributed by atoms with Gasteiger partial charge in [-0.3, -0.25) is 4.98 Å². The first-order valence-electron chi connectivity index (χ1n) is 8.79. The SMILES string of the molecule is CC(OCCCNC(=O)Nc1cccc2cccnc12)c1ccccc1. The van der Waals surface area contributed by atoms with E-state index in [0.29, 0.717) is 18.8 Å². The Bertz CT molecular complexity index is 847. The van der Waals surface area contributed by atoms with Crippen molar-refractivity contribution in [3.63, 3.8) is 0 Å². The van der Waals surface area contributed by atoms with Gasteiger partial charge in [-0.1, -0.05) is 48.5 Å². The van der Waals surface area contributed by atoms with Gasteiger partial charge in [-0.15, -0.1) is 0 Å². The highest BCUT2D eigenvalue weighted by atomic mass is 16.5. The minimum atomic E-state index is -0.237. The minimum Gasteiger partial charge on any atom is -0.374 e. The average molecular weight is 349 g/mol. The molecular formula is C21H23N3O2. The summed E-state index contributed by atoms with van der Waals surface area (Å²) in [6.45, 7) is 3.17. The second-order valence-corrected chi connectivity index (χ2v) is 6.04. The van der Waals surface area contributed by atoms with Gasteiger partial charge < -0.3 is 15.4 Å². The largest absolute Gasteiger partial charge is 0.374 e. The summed E-state index contributed by atoms with van der Waals surface area (Å²) in [7, 11) is 0. The number of nitrogens with zero attached hydrogens (tertiary/aromatic N) is 1. The van der Waals surface area contributed by atoms with Gasteiger partial charge in [0.05, 0.1) is 17.3 Å². The molecule has 2 amide bonds. The molecule has 2 N–H and O–H groups in total. The van der Waals surface area contributed by atoms with E-state index in [1.165, 1.54) is 0 Å². The molecule has 1 unspecified atom stereocenters. The van der Waals surface area contributed by atoms with Crippen LogP contribution >= 0.6 is 0 Å². The number of rotatable bonds is 7. The molecule has 0 aliphatic rings. The Hall–Kier alpha value is -2.92. The summed E-state index contributed by atoms with van der Waals surface area (Å²) >= 11 is 0. The molecule has 0 bridgehead atoms. The van der Waals surface area contributed by atoms with Crippen LogP contribution in [0.5, 0.6) is 0 Å². The number of pyridine rings is 1. The van der Waals surface area contributed by atoms with E-state index in [0.717, 1.165) is 22.9 Å². The number of hydrogen-bond acceptors (Lipinski definition) is 3. The molecule has 0 spiro atoms. The highest BCUT2D eigenvalue weighted by Crippen LogP contribution is 2.20. The number of fused-ring (bicyclic) bond motifs is 1. The van der Waals surface area contributed by atoms with E-state index in [9.17, 15) is 4.79 Å². The molecule has 26 heavy (non-hydrogen) atoms. The van der Waals surface area contributed by atoms with Crippen LogP contribution in [0.3, 0.4) is 0 Å². The number of urea groups is 1. The molecule has 0 radical (unpaired) electrons. The zero-order chi connectivity index (χ0) is 18.2. The first kappa shape index (κ1) is 17.9. The van der Waals surface area contributed by atoms with E-state index in [1.54, 1.807) is 6.20 Å². The number of aromatic nitrogens is 1. The van der Waals surface area contributed by atoms with E-state index >= 15 is 0 Å². The summed E-state index contributed by atoms with van der Waals surface area (Å²) in [5.41, 5.74) is 2.64. The fraction of sp³-hybridized carbons (Fsp3) is 0.238. The van der Waals surface area contributed by atoms with E-state index in [4.69, 9.17) is 4.74 Å². The number of para-hydroxylation sites is 1. The summed E-state index contributed by atoms with van der Waals surface area (Å²) in [6, 6.07) is 19.4. The molecule has 1 heterocycles. The Balaban J connectivity index is 1.40. The van der Waals surface area contributed by atoms with Crippen molar-refractivity contribution in [1.82, 2.24) is 10.3 Å². The van der Waals surface area contributed by atoms with E-state index < -0.39 is 0 Å². The van der Waals surface area contributed by atoms with Gasteiger partial charge in [0.25, 0.3) is 0 Å². The molecule has 2 aromatic carbocycles. The van der Waals surface area contributed by atoms with Gasteiger partial charge in [0.2, 0.25) is 0 Å². The first-order valence-corrected chi connectivity index (χ1v) is 8.79. The normalized spacial score (nSPS) is 11.9. The van der Waals surface area contributed by atoms with Crippen molar-refractivity contribution in [3.05, 3.63) is 72.4 Å². The van der Waals surface area contributed by atoms with Gasteiger partial charge in [-0.05, 0) is 31.0 Å². The Labute approximate surface area is 153 Å². The molecule has 0 saturated heterocycles. The van der Waals surface area contributed by atoms with Gasteiger partial charge in [0.1, 0.15) is 0 Å². The van der Waals surface area contributed by atoms with Crippen molar-refractivity contribution in [2.45, 2.75) is 19.4 Å². The summed E-state index contributed by atoms with van der Waals surface area (Å²) in [4.78, 5) is 16.4. The average Bonchev–Trinajstić information content (AvgIpc) is 2.68. The van der Waals surface area contributed by atoms with Crippen LogP contribution < -0.4 is 10.6 Å². The monoisotopic (exact) mass is 349 g/mol. The van der Waals surface area contributed by atoms with Gasteiger partial charge >= 0.3 is 6.03 Å². The third-order valence-electron chi connectivity index (χ3n) is 4.12. The Morgan fingerprint density at radius 2 is 1.88 bits per heavy atom. The van der Waals surface area contributed by atoms with Crippen molar-refractivity contribution in [2.75, 3.05) is 18.5 Å². The van der Waals surface area contributed by atoms with Crippen LogP contribution in [0.2, 0.25) is 0 Å². The molecule has 3 aromatic rings. The Kier molecular flexibility index (Phi) is 6.17. The van der Waals surface area contributed by atoms with Crippen LogP contribution in [0.25, 0.3) is 10.9 Å². The molecular weight excluding hydrogens is 326 g/mol. The topological polar surface area (TPSA) is 63.2 Å². The predicted molar refractivity (Wildman–Crippen MR) is 104 cm³/mol. The second-order valence-electron chi connectivity index (χ2n) is 6.04. The van der Waals surface area contributed by atoms with E-state index in [-0.39, 0.29) is 12.1 Å². The summed E-state index contributed by atoms with van der Waals surface area (Å²) in [5.74, 6) is 0. The number of hydrogen-bond donors (Lipinski definition) is 2. The Morgan fingerprint density at radius 1 is 1.08 bits per heavy atom. The molecule has 0 fully saturated rings. The van der Waals surface area contributed by atoms with Crippen molar-refractivity contribution in [3.8, 4) is 0 Å². The molecule has 1 atom stereocenters. The van der Waals surface area contributed by atoms with Crippen molar-refractivity contribution in [2.24, 2.45) is 0 Å². The molecule has 0 aliphatic carbocycles. The van der Waals surface area contributed by atoms with Crippen LogP contribution in [0.15, 0.2) is 66.9 Å². The first-order chi connectivity index (χ1) is 12.7. The van der Waals surface area contributed by atoms with Crippen molar-refractivity contribution < 1.29 is 9.53 Å². The standard InChI is InChI=1S/C21H23N3O2/c1-16(17-8-3-2-4-9-17)26-15-7-14-23-21(25)24-19-12-5-10-18-11-6-13-22-20(18)19/h2-6,8-13,16H,7,14-15H2,1H3,(H2,23,24,25). The van der Waals surface area contributed by atoms with Gasteiger partial charge in [-0.2, -0.15) is 0 Å². The van der Waals surface area contributed by atoms with Crippen LogP contribution in [0.1, 0.15) is 25.0 Å². The van der Waals surface area contributed by atoms with Gasteiger partial charge in [0.15, 0.2) is 0 Å². The summed E-state index contributed by atoms with van der Waals surface area (Å²) < 4.78 is 5.80. The van der Waals surface area contributed by atoms with E-state index in [2.05, 4.69) is 27.8 Å². The summed E-state index contributed by atoms with van der Waals surface area (Å²) in [6.07, 6.45) is 2.52. The summed E-state index contributed by atoms with van der Waals surface area (Å²) in [5, 5.41) is 6.70. The molecule has 134 valence electrons. The zero-order valence-corrected chi connectivity index (χ0v) is 14.8. The molecule has 1 aromatic heterocycles. The van der Waals surface area contributed by atoms with Crippen LogP contribution in [0, 0.1) is 0 Å². The molecule has 0 saturated carbocycles. The maximum absolute atomic E-state index is 12.1. The van der Waals surface area contributed by atoms with E-state index in [1.807, 2.05) is 55.5 Å². The lowest BCUT2D eigenvalue weighted by atomic mass is 10.1. The van der Waals surface area contributed by atoms with Crippen molar-refractivity contribution >= 4 is 22.6 Å². The second kappa shape index (κ2) is 8.97. The number of amides is 2. The van der Waals surface area contributed by atoms with Crippen molar-refractivity contribution in [1.29, 1.82) is 0 Å². The number of anilines is 1. The van der Waals surface area contributed by atoms with Crippen LogP contribution in [-0.4, -0.2) is 24.2 Å². The lowest BCUT2D eigenvalue weighted by Crippen LogP contribution is -2.30. The minimum absolute atomic E-state index is 0.0479. The number of carbonyl (C=O) groups excluding carboxylic acids is 1. The molecule has 3 rings (SSSR count). The molecule has 5 nitrogen and oxygen atoms in total. The maximum Gasteiger partial charge on any atom is 0.319 e. The highest BCUT2D eigenvalue weighted by Gasteiger charge is 2.07. The third-order valence-corrected chi connectivity index (χ3v) is 4.12. The lowest BCUT2D eigenvalue weighted by Gasteiger charge is -2.14. The fourth-order valence-corrected chi connectivity index (χ4v) is 2.73. The molecule has 0 aliphatic heterocycles. The fourth-order valence-electron chi connectivity index (χ4n) is 2.73. The number of nitrogens with one attached hydrogen (secondary N) is 2. The number of ether oxygens (including phenoxy) is 1. The van der Waals surface area contributed by atoms with Gasteiger partial charge in [-0.25, -0.2) is 4.79 Å².